The fourth-order valence-corrected chi connectivity index (χ4v) is 2.95. The first-order valence-electron chi connectivity index (χ1n) is 5.69. The highest BCUT2D eigenvalue weighted by Crippen LogP contribution is 2.55. The minimum atomic E-state index is 0.333. The minimum absolute atomic E-state index is 0.333. The van der Waals surface area contributed by atoms with Gasteiger partial charge in [0, 0.05) is 11.5 Å². The van der Waals surface area contributed by atoms with E-state index < -0.39 is 0 Å². The van der Waals surface area contributed by atoms with Crippen molar-refractivity contribution in [2.24, 2.45) is 5.73 Å². The van der Waals surface area contributed by atoms with Gasteiger partial charge < -0.3 is 10.5 Å². The highest BCUT2D eigenvalue weighted by Gasteiger charge is 2.51. The van der Waals surface area contributed by atoms with Crippen LogP contribution in [0.1, 0.15) is 30.4 Å². The SMILES string of the molecule is COc1ccc2c(c1)CCC(N)C21CC1. The summed E-state index contributed by atoms with van der Waals surface area (Å²) in [4.78, 5) is 0. The van der Waals surface area contributed by atoms with Crippen LogP contribution in [0.5, 0.6) is 5.75 Å². The van der Waals surface area contributed by atoms with E-state index in [1.165, 1.54) is 24.0 Å². The highest BCUT2D eigenvalue weighted by atomic mass is 16.5. The van der Waals surface area contributed by atoms with E-state index in [4.69, 9.17) is 10.5 Å². The molecule has 0 aromatic heterocycles. The summed E-state index contributed by atoms with van der Waals surface area (Å²) < 4.78 is 5.26. The van der Waals surface area contributed by atoms with E-state index in [1.807, 2.05) is 0 Å². The quantitative estimate of drug-likeness (QED) is 0.757. The average molecular weight is 203 g/mol. The van der Waals surface area contributed by atoms with Gasteiger partial charge in [0.2, 0.25) is 0 Å². The summed E-state index contributed by atoms with van der Waals surface area (Å²) in [6, 6.07) is 6.84. The molecule has 0 heterocycles. The zero-order valence-corrected chi connectivity index (χ0v) is 9.12. The molecule has 2 N–H and O–H groups in total. The largest absolute Gasteiger partial charge is 0.497 e. The van der Waals surface area contributed by atoms with Crippen molar-refractivity contribution in [2.75, 3.05) is 7.11 Å². The third-order valence-corrected chi connectivity index (χ3v) is 4.07. The Labute approximate surface area is 90.4 Å². The fraction of sp³-hybridized carbons (Fsp3) is 0.538. The van der Waals surface area contributed by atoms with Crippen LogP contribution in [0.25, 0.3) is 0 Å². The molecule has 1 saturated carbocycles. The monoisotopic (exact) mass is 203 g/mol. The second-order valence-electron chi connectivity index (χ2n) is 4.82. The molecule has 1 atom stereocenters. The predicted molar refractivity (Wildman–Crippen MR) is 60.2 cm³/mol. The zero-order valence-electron chi connectivity index (χ0n) is 9.12. The Balaban J connectivity index is 2.08. The van der Waals surface area contributed by atoms with Crippen molar-refractivity contribution < 1.29 is 4.74 Å². The molecule has 2 heteroatoms. The summed E-state index contributed by atoms with van der Waals surface area (Å²) >= 11 is 0. The van der Waals surface area contributed by atoms with Crippen LogP contribution in [0.15, 0.2) is 18.2 Å². The summed E-state index contributed by atoms with van der Waals surface area (Å²) in [5.74, 6) is 0.972. The van der Waals surface area contributed by atoms with Gasteiger partial charge in [0.25, 0.3) is 0 Å². The maximum atomic E-state index is 6.23. The number of hydrogen-bond donors (Lipinski definition) is 1. The first-order valence-corrected chi connectivity index (χ1v) is 5.69. The van der Waals surface area contributed by atoms with Crippen molar-refractivity contribution in [3.05, 3.63) is 29.3 Å². The van der Waals surface area contributed by atoms with Crippen molar-refractivity contribution in [2.45, 2.75) is 37.1 Å². The standard InChI is InChI=1S/C13H17NO/c1-15-10-3-4-11-9(8-10)2-5-12(14)13(11)6-7-13/h3-4,8,12H,2,5-7,14H2,1H3. The van der Waals surface area contributed by atoms with Crippen LogP contribution < -0.4 is 10.5 Å². The first-order chi connectivity index (χ1) is 7.26. The van der Waals surface area contributed by atoms with Gasteiger partial charge in [0.15, 0.2) is 0 Å². The van der Waals surface area contributed by atoms with E-state index in [0.717, 1.165) is 18.6 Å². The van der Waals surface area contributed by atoms with Gasteiger partial charge in [0.1, 0.15) is 5.75 Å². The van der Waals surface area contributed by atoms with Gasteiger partial charge in [0.05, 0.1) is 7.11 Å². The normalized spacial score (nSPS) is 26.1. The van der Waals surface area contributed by atoms with Crippen LogP contribution in [0.3, 0.4) is 0 Å². The Hall–Kier alpha value is -1.02. The Bertz CT molecular complexity index is 396. The first kappa shape index (κ1) is 9.22. The average Bonchev–Trinajstić information content (AvgIpc) is 3.05. The molecule has 80 valence electrons. The van der Waals surface area contributed by atoms with Gasteiger partial charge in [-0.25, -0.2) is 0 Å². The Morgan fingerprint density at radius 3 is 2.87 bits per heavy atom. The minimum Gasteiger partial charge on any atom is -0.497 e. The lowest BCUT2D eigenvalue weighted by Crippen LogP contribution is -2.39. The molecule has 1 unspecified atom stereocenters. The van der Waals surface area contributed by atoms with E-state index in [0.29, 0.717) is 11.5 Å². The number of benzene rings is 1. The lowest BCUT2D eigenvalue weighted by Gasteiger charge is -2.31. The maximum Gasteiger partial charge on any atom is 0.119 e. The molecule has 0 aliphatic heterocycles. The fourth-order valence-electron chi connectivity index (χ4n) is 2.95. The van der Waals surface area contributed by atoms with Crippen LogP contribution in [-0.2, 0) is 11.8 Å². The van der Waals surface area contributed by atoms with Gasteiger partial charge >= 0.3 is 0 Å². The van der Waals surface area contributed by atoms with Gasteiger partial charge in [-0.15, -0.1) is 0 Å². The molecule has 0 bridgehead atoms. The highest BCUT2D eigenvalue weighted by molar-refractivity contribution is 5.46. The van der Waals surface area contributed by atoms with Crippen LogP contribution >= 0.6 is 0 Å². The Kier molecular flexibility index (Phi) is 1.84. The van der Waals surface area contributed by atoms with E-state index in [1.54, 1.807) is 7.11 Å². The summed E-state index contributed by atoms with van der Waals surface area (Å²) in [5, 5.41) is 0. The molecular formula is C13H17NO. The van der Waals surface area contributed by atoms with Crippen molar-refractivity contribution in [3.8, 4) is 5.75 Å². The van der Waals surface area contributed by atoms with E-state index in [2.05, 4.69) is 18.2 Å². The lowest BCUT2D eigenvalue weighted by molar-refractivity contribution is 0.409. The molecule has 2 aliphatic rings. The summed E-state index contributed by atoms with van der Waals surface area (Å²) in [7, 11) is 1.73. The van der Waals surface area contributed by atoms with Crippen LogP contribution in [-0.4, -0.2) is 13.2 Å². The topological polar surface area (TPSA) is 35.2 Å². The number of aryl methyl sites for hydroxylation is 1. The Morgan fingerprint density at radius 1 is 1.40 bits per heavy atom. The summed E-state index contributed by atoms with van der Waals surface area (Å²) in [6.07, 6.45) is 4.77. The van der Waals surface area contributed by atoms with Crippen LogP contribution in [0, 0.1) is 0 Å². The van der Waals surface area contributed by atoms with Gasteiger partial charge in [-0.3, -0.25) is 0 Å². The van der Waals surface area contributed by atoms with Crippen molar-refractivity contribution in [1.29, 1.82) is 0 Å². The van der Waals surface area contributed by atoms with E-state index in [9.17, 15) is 0 Å². The number of methoxy groups -OCH3 is 1. The van der Waals surface area contributed by atoms with Crippen molar-refractivity contribution in [3.63, 3.8) is 0 Å². The zero-order chi connectivity index (χ0) is 10.5. The Morgan fingerprint density at radius 2 is 2.20 bits per heavy atom. The summed E-state index contributed by atoms with van der Waals surface area (Å²) in [5.41, 5.74) is 9.50. The number of hydrogen-bond acceptors (Lipinski definition) is 2. The number of rotatable bonds is 1. The van der Waals surface area contributed by atoms with Crippen molar-refractivity contribution >= 4 is 0 Å². The molecule has 0 amide bonds. The smallest absolute Gasteiger partial charge is 0.119 e. The third kappa shape index (κ3) is 1.21. The molecule has 1 fully saturated rings. The molecular weight excluding hydrogens is 186 g/mol. The molecule has 1 spiro atoms. The molecule has 0 radical (unpaired) electrons. The molecule has 1 aromatic rings. The van der Waals surface area contributed by atoms with E-state index >= 15 is 0 Å². The van der Waals surface area contributed by atoms with E-state index in [-0.39, 0.29) is 0 Å². The van der Waals surface area contributed by atoms with Crippen LogP contribution in [0.4, 0.5) is 0 Å². The number of fused-ring (bicyclic) bond motifs is 2. The van der Waals surface area contributed by atoms with Gasteiger partial charge in [-0.2, -0.15) is 0 Å². The third-order valence-electron chi connectivity index (χ3n) is 4.07. The molecule has 2 aliphatic carbocycles. The second-order valence-corrected chi connectivity index (χ2v) is 4.82. The number of nitrogens with two attached hydrogens (primary N) is 1. The molecule has 15 heavy (non-hydrogen) atoms. The number of ether oxygens (including phenoxy) is 1. The lowest BCUT2D eigenvalue weighted by atomic mass is 9.77. The van der Waals surface area contributed by atoms with Gasteiger partial charge in [-0.1, -0.05) is 6.07 Å². The van der Waals surface area contributed by atoms with Gasteiger partial charge in [-0.05, 0) is 48.9 Å². The maximum absolute atomic E-state index is 6.23. The predicted octanol–water partition coefficient (Wildman–Crippen LogP) is 2.00. The molecule has 2 nitrogen and oxygen atoms in total. The van der Waals surface area contributed by atoms with Crippen molar-refractivity contribution in [1.82, 2.24) is 0 Å². The molecule has 1 aromatic carbocycles. The van der Waals surface area contributed by atoms with Crippen LogP contribution in [0.2, 0.25) is 0 Å². The summed E-state index contributed by atoms with van der Waals surface area (Å²) in [6.45, 7) is 0. The molecule has 3 rings (SSSR count). The second kappa shape index (κ2) is 2.99. The molecule has 0 saturated heterocycles.